The molecule has 0 saturated heterocycles. The topological polar surface area (TPSA) is 472 Å². The average molecular weight is 1110 g/mol. The standard InChI is InChI=1S/C48H71N19O8S2/c1-25(68)61-32(13-6-16-56-46(50)51)40(70)62-33(14-7-17-57-47(52)53)41(71)64-35(19-26-21-59-30-11-4-2-9-28(26)30)43(73)65-36(20-27-22-60-31-12-5-3-10-29(27)31)44(74)67-38(24-77)45(75)63-34(15-8-18-58-48(54)55)42(72)66-37(23-76)39(49)69/h2-5,9-12,21-22,32-38,59-60,76-77H,6-8,13-20,23-24H2,1H3,(H2,49,69)(H,61,68)(H,62,70)(H,63,75)(H,64,71)(H,65,73)(H,66,72)(H,67,74)(H4,50,51,56)(H4,52,53,57)(H4,54,55,58). The van der Waals surface area contributed by atoms with Crippen LogP contribution in [0.15, 0.2) is 75.9 Å². The Bertz CT molecular complexity index is 2770. The average Bonchev–Trinajstić information content (AvgIpc) is 4.00. The molecule has 0 aliphatic carbocycles. The Hall–Kier alpha value is -8.21. The van der Waals surface area contributed by atoms with Crippen LogP contribution in [-0.2, 0) is 51.2 Å². The van der Waals surface area contributed by atoms with Crippen LogP contribution in [0.1, 0.15) is 56.6 Å². The number of hydrogen-bond acceptors (Lipinski definition) is 13. The van der Waals surface area contributed by atoms with Crippen molar-refractivity contribution in [3.63, 3.8) is 0 Å². The molecule has 23 N–H and O–H groups in total. The van der Waals surface area contributed by atoms with Crippen LogP contribution >= 0.6 is 25.3 Å². The number of amides is 8. The summed E-state index contributed by atoms with van der Waals surface area (Å²) >= 11 is 8.44. The van der Waals surface area contributed by atoms with Crippen molar-refractivity contribution in [2.45, 2.75) is 101 Å². The van der Waals surface area contributed by atoms with E-state index in [1.165, 1.54) is 6.92 Å². The van der Waals surface area contributed by atoms with Crippen molar-refractivity contribution in [1.82, 2.24) is 47.2 Å². The van der Waals surface area contributed by atoms with Gasteiger partial charge < -0.3 is 87.3 Å². The second kappa shape index (κ2) is 31.0. The number of nitrogens with two attached hydrogens (primary N) is 7. The van der Waals surface area contributed by atoms with Gasteiger partial charge in [-0.05, 0) is 61.8 Å². The zero-order chi connectivity index (χ0) is 56.6. The van der Waals surface area contributed by atoms with E-state index in [-0.39, 0.29) is 100 Å². The molecule has 2 heterocycles. The zero-order valence-corrected chi connectivity index (χ0v) is 44.3. The summed E-state index contributed by atoms with van der Waals surface area (Å²) in [5, 5.41) is 20.1. The first-order valence-electron chi connectivity index (χ1n) is 24.6. The molecule has 2 aromatic heterocycles. The molecule has 7 atom stereocenters. The summed E-state index contributed by atoms with van der Waals surface area (Å²) in [7, 11) is 0. The van der Waals surface area contributed by atoms with E-state index in [2.05, 4.69) is 87.4 Å². The Morgan fingerprint density at radius 3 is 1.12 bits per heavy atom. The number of aliphatic imine (C=N–C) groups is 3. The molecule has 0 aliphatic rings. The second-order valence-electron chi connectivity index (χ2n) is 17.9. The van der Waals surface area contributed by atoms with Crippen LogP contribution in [0.2, 0.25) is 0 Å². The van der Waals surface area contributed by atoms with Crippen LogP contribution in [0.25, 0.3) is 21.8 Å². The number of primary amides is 1. The van der Waals surface area contributed by atoms with Gasteiger partial charge in [-0.2, -0.15) is 25.3 Å². The molecule has 4 aromatic rings. The Labute approximate surface area is 454 Å². The van der Waals surface area contributed by atoms with Crippen molar-refractivity contribution in [2.24, 2.45) is 55.1 Å². The zero-order valence-electron chi connectivity index (χ0n) is 42.6. The van der Waals surface area contributed by atoms with Gasteiger partial charge in [0.25, 0.3) is 0 Å². The van der Waals surface area contributed by atoms with E-state index in [1.54, 1.807) is 24.5 Å². The van der Waals surface area contributed by atoms with Gasteiger partial charge in [-0.25, -0.2) is 0 Å². The van der Waals surface area contributed by atoms with Gasteiger partial charge in [0, 0.05) is 85.1 Å². The lowest BCUT2D eigenvalue weighted by Crippen LogP contribution is -2.61. The number of carbonyl (C=O) groups excluding carboxylic acids is 8. The molecular formula is C48H71N19O8S2. The molecule has 4 rings (SSSR count). The molecule has 2 aromatic carbocycles. The van der Waals surface area contributed by atoms with E-state index in [0.29, 0.717) is 11.1 Å². The summed E-state index contributed by atoms with van der Waals surface area (Å²) < 4.78 is 0. The number of nitrogens with zero attached hydrogens (tertiary/aromatic N) is 3. The van der Waals surface area contributed by atoms with Crippen molar-refractivity contribution in [1.29, 1.82) is 0 Å². The van der Waals surface area contributed by atoms with Crippen molar-refractivity contribution >= 4 is 112 Å². The summed E-state index contributed by atoms with van der Waals surface area (Å²) in [5.74, 6) is -7.17. The maximum atomic E-state index is 15.0. The van der Waals surface area contributed by atoms with Crippen LogP contribution in [0.5, 0.6) is 0 Å². The summed E-state index contributed by atoms with van der Waals surface area (Å²) in [5.41, 5.74) is 41.1. The number of benzene rings is 2. The smallest absolute Gasteiger partial charge is 0.244 e. The van der Waals surface area contributed by atoms with Crippen LogP contribution in [0, 0.1) is 0 Å². The molecule has 0 aliphatic heterocycles. The first-order valence-corrected chi connectivity index (χ1v) is 25.8. The van der Waals surface area contributed by atoms with Gasteiger partial charge in [-0.1, -0.05) is 36.4 Å². The number of aromatic amines is 2. The number of rotatable bonds is 32. The van der Waals surface area contributed by atoms with E-state index >= 15 is 0 Å². The quantitative estimate of drug-likeness (QED) is 0.00971. The Kier molecular flexibility index (Phi) is 24.7. The number of para-hydroxylation sites is 2. The van der Waals surface area contributed by atoms with Gasteiger partial charge in [0.1, 0.15) is 42.3 Å². The lowest BCUT2D eigenvalue weighted by Gasteiger charge is -2.27. The summed E-state index contributed by atoms with van der Waals surface area (Å²) in [6, 6.07) is 5.37. The highest BCUT2D eigenvalue weighted by molar-refractivity contribution is 7.80. The molecule has 27 nitrogen and oxygen atoms in total. The van der Waals surface area contributed by atoms with Gasteiger partial charge in [0.15, 0.2) is 17.9 Å². The molecule has 0 fully saturated rings. The predicted octanol–water partition coefficient (Wildman–Crippen LogP) is -3.65. The fourth-order valence-corrected chi connectivity index (χ4v) is 8.58. The molecule has 0 spiro atoms. The maximum Gasteiger partial charge on any atom is 0.244 e. The first-order chi connectivity index (χ1) is 36.7. The van der Waals surface area contributed by atoms with Crippen molar-refractivity contribution < 1.29 is 38.4 Å². The highest BCUT2D eigenvalue weighted by Crippen LogP contribution is 2.22. The van der Waals surface area contributed by atoms with E-state index in [9.17, 15) is 38.4 Å². The van der Waals surface area contributed by atoms with Gasteiger partial charge in [0.2, 0.25) is 47.3 Å². The minimum absolute atomic E-state index is 0.0141. The molecule has 29 heteroatoms. The van der Waals surface area contributed by atoms with Gasteiger partial charge in [-0.3, -0.25) is 53.3 Å². The van der Waals surface area contributed by atoms with Gasteiger partial charge in [-0.15, -0.1) is 0 Å². The Morgan fingerprint density at radius 2 is 0.766 bits per heavy atom. The molecule has 0 saturated carbocycles. The summed E-state index contributed by atoms with van der Waals surface area (Å²) in [6.07, 6.45) is 3.80. The Balaban J connectivity index is 1.71. The number of H-pyrrole nitrogens is 2. The van der Waals surface area contributed by atoms with Crippen LogP contribution in [0.3, 0.4) is 0 Å². The lowest BCUT2D eigenvalue weighted by molar-refractivity contribution is -0.135. The molecule has 0 bridgehead atoms. The molecule has 7 unspecified atom stereocenters. The number of hydrogen-bond donors (Lipinski definition) is 18. The number of carbonyl (C=O) groups is 8. The SMILES string of the molecule is CC(=O)NC(CCCN=C(N)N)C(=O)NC(CCCN=C(N)N)C(=O)NC(Cc1c[nH]c2ccccc12)C(=O)NC(Cc1c[nH]c2ccccc12)C(=O)NC(CS)C(=O)NC(CCCN=C(N)N)C(=O)NC(CS)C(N)=O. The van der Waals surface area contributed by atoms with E-state index in [0.717, 1.165) is 21.8 Å². The highest BCUT2D eigenvalue weighted by atomic mass is 32.1. The largest absolute Gasteiger partial charge is 0.370 e. The van der Waals surface area contributed by atoms with Gasteiger partial charge >= 0.3 is 0 Å². The number of fused-ring (bicyclic) bond motifs is 2. The van der Waals surface area contributed by atoms with Gasteiger partial charge in [0.05, 0.1) is 0 Å². The first kappa shape index (κ1) is 61.3. The number of aromatic nitrogens is 2. The molecule has 8 amide bonds. The van der Waals surface area contributed by atoms with Crippen LogP contribution in [-0.4, -0.2) is 149 Å². The lowest BCUT2D eigenvalue weighted by atomic mass is 10.0. The molecular weight excluding hydrogens is 1030 g/mol. The van der Waals surface area contributed by atoms with Crippen molar-refractivity contribution in [3.8, 4) is 0 Å². The molecule has 418 valence electrons. The molecule has 0 radical (unpaired) electrons. The fourth-order valence-electron chi connectivity index (χ4n) is 8.06. The van der Waals surface area contributed by atoms with Crippen LogP contribution < -0.4 is 77.4 Å². The number of guanidine groups is 3. The maximum absolute atomic E-state index is 15.0. The molecule has 77 heavy (non-hydrogen) atoms. The number of thiol groups is 2. The highest BCUT2D eigenvalue weighted by Gasteiger charge is 2.34. The minimum Gasteiger partial charge on any atom is -0.370 e. The fraction of sp³-hybridized carbons (Fsp3) is 0.438. The van der Waals surface area contributed by atoms with E-state index in [4.69, 9.17) is 40.1 Å². The normalized spacial score (nSPS) is 13.7. The number of nitrogens with one attached hydrogen (secondary N) is 9. The third-order valence-corrected chi connectivity index (χ3v) is 12.6. The minimum atomic E-state index is -1.43. The predicted molar refractivity (Wildman–Crippen MR) is 300 cm³/mol. The van der Waals surface area contributed by atoms with Crippen LogP contribution in [0.4, 0.5) is 0 Å². The Morgan fingerprint density at radius 1 is 0.455 bits per heavy atom. The second-order valence-corrected chi connectivity index (χ2v) is 18.6. The summed E-state index contributed by atoms with van der Waals surface area (Å²) in [6.45, 7) is 1.55. The summed E-state index contributed by atoms with van der Waals surface area (Å²) in [4.78, 5) is 128. The monoisotopic (exact) mass is 1110 g/mol. The third kappa shape index (κ3) is 20.1. The van der Waals surface area contributed by atoms with E-state index in [1.807, 2.05) is 36.4 Å². The van der Waals surface area contributed by atoms with E-state index < -0.39 is 89.6 Å². The third-order valence-electron chi connectivity index (χ3n) is 11.9. The van der Waals surface area contributed by atoms with Crippen molar-refractivity contribution in [2.75, 3.05) is 31.1 Å². The van der Waals surface area contributed by atoms with Crippen molar-refractivity contribution in [3.05, 3.63) is 72.1 Å².